The Bertz CT molecular complexity index is 235. The van der Waals surface area contributed by atoms with Gasteiger partial charge < -0.3 is 15.9 Å². The minimum Gasteiger partial charge on any atom is -0.480 e. The molecule has 1 amide bonds. The van der Waals surface area contributed by atoms with Gasteiger partial charge in [0, 0.05) is 0 Å². The van der Waals surface area contributed by atoms with Crippen molar-refractivity contribution in [2.45, 2.75) is 12.5 Å². The first kappa shape index (κ1) is 11.4. The molecule has 1 unspecified atom stereocenters. The third kappa shape index (κ3) is 2.71. The van der Waals surface area contributed by atoms with E-state index in [-0.39, 0.29) is 0 Å². The fourth-order valence-electron chi connectivity index (χ4n) is 0.521. The van der Waals surface area contributed by atoms with Gasteiger partial charge in [0.15, 0.2) is 5.54 Å². The van der Waals surface area contributed by atoms with Crippen molar-refractivity contribution >= 4 is 17.8 Å². The molecule has 0 radical (unpaired) electrons. The molecule has 0 rings (SSSR count). The van der Waals surface area contributed by atoms with Gasteiger partial charge in [-0.15, -0.1) is 0 Å². The van der Waals surface area contributed by atoms with Crippen LogP contribution in [0.4, 0.5) is 0 Å². The van der Waals surface area contributed by atoms with Crippen LogP contribution in [0, 0.1) is 0 Å². The quantitative estimate of drug-likeness (QED) is 0.370. The molecule has 0 saturated heterocycles. The van der Waals surface area contributed by atoms with Crippen molar-refractivity contribution in [3.63, 3.8) is 0 Å². The lowest BCUT2D eigenvalue weighted by molar-refractivity contribution is -0.149. The molecule has 0 aliphatic heterocycles. The van der Waals surface area contributed by atoms with Crippen molar-refractivity contribution < 1.29 is 24.6 Å². The molecule has 0 aromatic carbocycles. The minimum absolute atomic E-state index is 0.647. The van der Waals surface area contributed by atoms with E-state index in [9.17, 15) is 14.4 Å². The second-order valence-electron chi connectivity index (χ2n) is 2.54. The van der Waals surface area contributed by atoms with Crippen LogP contribution >= 0.6 is 0 Å². The zero-order valence-electron chi connectivity index (χ0n) is 6.90. The zero-order chi connectivity index (χ0) is 10.6. The highest BCUT2D eigenvalue weighted by Crippen LogP contribution is 2.01. The number of carboxylic acids is 2. The van der Waals surface area contributed by atoms with E-state index in [1.54, 1.807) is 0 Å². The van der Waals surface area contributed by atoms with Gasteiger partial charge >= 0.3 is 11.9 Å². The molecule has 0 spiro atoms. The van der Waals surface area contributed by atoms with Gasteiger partial charge in [-0.3, -0.25) is 14.9 Å². The van der Waals surface area contributed by atoms with E-state index < -0.39 is 29.9 Å². The maximum Gasteiger partial charge on any atom is 0.333 e. The van der Waals surface area contributed by atoms with Gasteiger partial charge in [0.05, 0.1) is 6.54 Å². The fourth-order valence-corrected chi connectivity index (χ4v) is 0.521. The molecule has 1 atom stereocenters. The van der Waals surface area contributed by atoms with Gasteiger partial charge in [0.1, 0.15) is 0 Å². The van der Waals surface area contributed by atoms with Crippen molar-refractivity contribution in [1.82, 2.24) is 5.32 Å². The Hall–Kier alpha value is -1.63. The molecule has 0 fully saturated rings. The van der Waals surface area contributed by atoms with Crippen molar-refractivity contribution in [2.24, 2.45) is 5.73 Å². The summed E-state index contributed by atoms with van der Waals surface area (Å²) in [6, 6.07) is 0. The lowest BCUT2D eigenvalue weighted by Crippen LogP contribution is -2.59. The summed E-state index contributed by atoms with van der Waals surface area (Å²) in [4.78, 5) is 31.3. The summed E-state index contributed by atoms with van der Waals surface area (Å²) in [5.41, 5.74) is 2.74. The first-order valence-electron chi connectivity index (χ1n) is 3.31. The van der Waals surface area contributed by atoms with Crippen molar-refractivity contribution in [3.8, 4) is 0 Å². The molecule has 5 N–H and O–H groups in total. The van der Waals surface area contributed by atoms with Gasteiger partial charge in [-0.25, -0.2) is 4.79 Å². The van der Waals surface area contributed by atoms with Gasteiger partial charge in [-0.05, 0) is 6.92 Å². The molecule has 0 heterocycles. The number of carbonyl (C=O) groups is 3. The summed E-state index contributed by atoms with van der Waals surface area (Å²) in [6.45, 7) is 0.354. The van der Waals surface area contributed by atoms with Gasteiger partial charge in [-0.1, -0.05) is 0 Å². The Balaban J connectivity index is 4.52. The molecule has 0 bridgehead atoms. The summed E-state index contributed by atoms with van der Waals surface area (Å²) < 4.78 is 0. The number of nitrogens with one attached hydrogen (secondary N) is 1. The number of carbonyl (C=O) groups excluding carboxylic acids is 1. The Kier molecular flexibility index (Phi) is 3.37. The van der Waals surface area contributed by atoms with Crippen LogP contribution < -0.4 is 11.1 Å². The van der Waals surface area contributed by atoms with Gasteiger partial charge in [0.2, 0.25) is 5.91 Å². The maximum atomic E-state index is 10.7. The van der Waals surface area contributed by atoms with Crippen LogP contribution in [0.15, 0.2) is 0 Å². The third-order valence-corrected chi connectivity index (χ3v) is 1.51. The minimum atomic E-state index is -2.04. The predicted octanol–water partition coefficient (Wildman–Crippen LogP) is -2.01. The highest BCUT2D eigenvalue weighted by molar-refractivity contribution is 6.05. The average Bonchev–Trinajstić information content (AvgIpc) is 1.99. The first-order valence-corrected chi connectivity index (χ1v) is 3.31. The number of amides is 1. The molecule has 13 heavy (non-hydrogen) atoms. The van der Waals surface area contributed by atoms with Crippen molar-refractivity contribution in [3.05, 3.63) is 0 Å². The average molecular weight is 190 g/mol. The monoisotopic (exact) mass is 190 g/mol. The van der Waals surface area contributed by atoms with E-state index in [0.717, 1.165) is 6.92 Å². The Morgan fingerprint density at radius 3 is 2.08 bits per heavy atom. The van der Waals surface area contributed by atoms with E-state index in [1.807, 2.05) is 5.32 Å². The smallest absolute Gasteiger partial charge is 0.333 e. The van der Waals surface area contributed by atoms with Crippen LogP contribution in [0.5, 0.6) is 0 Å². The summed E-state index contributed by atoms with van der Waals surface area (Å²) in [7, 11) is 0. The Morgan fingerprint density at radius 1 is 1.38 bits per heavy atom. The molecule has 0 aliphatic rings. The molecule has 0 aromatic rings. The Labute approximate surface area is 73.5 Å². The molecule has 74 valence electrons. The van der Waals surface area contributed by atoms with Gasteiger partial charge in [0.25, 0.3) is 0 Å². The highest BCUT2D eigenvalue weighted by atomic mass is 16.4. The Morgan fingerprint density at radius 2 is 1.85 bits per heavy atom. The van der Waals surface area contributed by atoms with Crippen molar-refractivity contribution in [1.29, 1.82) is 0 Å². The van der Waals surface area contributed by atoms with Crippen LogP contribution in [0.1, 0.15) is 6.92 Å². The number of nitrogens with two attached hydrogens (primary N) is 1. The molecular formula is C6H10N2O5. The third-order valence-electron chi connectivity index (χ3n) is 1.51. The molecule has 7 heteroatoms. The maximum absolute atomic E-state index is 10.7. The van der Waals surface area contributed by atoms with E-state index >= 15 is 0 Å². The fraction of sp³-hybridized carbons (Fsp3) is 0.500. The summed E-state index contributed by atoms with van der Waals surface area (Å²) in [5, 5.41) is 18.8. The summed E-state index contributed by atoms with van der Waals surface area (Å²) in [5.74, 6) is -3.92. The lowest BCUT2D eigenvalue weighted by atomic mass is 10.0. The van der Waals surface area contributed by atoms with Crippen LogP contribution in [-0.2, 0) is 14.4 Å². The molecule has 0 aromatic heterocycles. The summed E-state index contributed by atoms with van der Waals surface area (Å²) >= 11 is 0. The van der Waals surface area contributed by atoms with E-state index in [2.05, 4.69) is 0 Å². The second-order valence-corrected chi connectivity index (χ2v) is 2.54. The van der Waals surface area contributed by atoms with E-state index in [4.69, 9.17) is 15.9 Å². The highest BCUT2D eigenvalue weighted by Gasteiger charge is 2.39. The van der Waals surface area contributed by atoms with Crippen LogP contribution in [-0.4, -0.2) is 40.1 Å². The molecule has 0 saturated carbocycles. The normalized spacial score (nSPS) is 14.5. The van der Waals surface area contributed by atoms with Crippen LogP contribution in [0.25, 0.3) is 0 Å². The zero-order valence-corrected chi connectivity index (χ0v) is 6.90. The number of aliphatic carboxylic acids is 2. The predicted molar refractivity (Wildman–Crippen MR) is 40.9 cm³/mol. The van der Waals surface area contributed by atoms with Crippen LogP contribution in [0.2, 0.25) is 0 Å². The number of rotatable bonds is 5. The largest absolute Gasteiger partial charge is 0.480 e. The number of primary amides is 1. The number of hydrogen-bond donors (Lipinski definition) is 4. The van der Waals surface area contributed by atoms with E-state index in [1.165, 1.54) is 0 Å². The second kappa shape index (κ2) is 3.85. The molecular weight excluding hydrogens is 180 g/mol. The van der Waals surface area contributed by atoms with E-state index in [0.29, 0.717) is 0 Å². The number of carboxylic acid groups (broad SMARTS) is 2. The SMILES string of the molecule is CC(NCC(=O)O)(C(N)=O)C(=O)O. The lowest BCUT2D eigenvalue weighted by Gasteiger charge is -2.20. The standard InChI is InChI=1S/C6H10N2O5/c1-6(4(7)11,5(12)13)8-2-3(9)10/h8H,2H2,1H3,(H2,7,11)(H,9,10)(H,12,13). The molecule has 0 aliphatic carbocycles. The summed E-state index contributed by atoms with van der Waals surface area (Å²) in [6.07, 6.45) is 0. The molecule has 7 nitrogen and oxygen atoms in total. The topological polar surface area (TPSA) is 130 Å². The first-order chi connectivity index (χ1) is 5.80. The van der Waals surface area contributed by atoms with Crippen molar-refractivity contribution in [2.75, 3.05) is 6.54 Å². The number of hydrogen-bond acceptors (Lipinski definition) is 4. The van der Waals surface area contributed by atoms with Crippen LogP contribution in [0.3, 0.4) is 0 Å². The van der Waals surface area contributed by atoms with Gasteiger partial charge in [-0.2, -0.15) is 0 Å².